The summed E-state index contributed by atoms with van der Waals surface area (Å²) in [6.07, 6.45) is 0. The maximum atomic E-state index is 11.8. The first-order valence-electron chi connectivity index (χ1n) is 6.30. The Balaban J connectivity index is 2.52. The van der Waals surface area contributed by atoms with Crippen LogP contribution in [0.15, 0.2) is 10.5 Å². The molecular weight excluding hydrogens is 228 g/mol. The zero-order valence-electron chi connectivity index (χ0n) is 12.2. The lowest BCUT2D eigenvalue weighted by Crippen LogP contribution is -2.43. The molecule has 0 bridgehead atoms. The third kappa shape index (κ3) is 4.53. The van der Waals surface area contributed by atoms with Crippen LogP contribution in [0.2, 0.25) is 0 Å². The Labute approximate surface area is 109 Å². The summed E-state index contributed by atoms with van der Waals surface area (Å²) in [6, 6.07) is 1.94. The van der Waals surface area contributed by atoms with Crippen LogP contribution in [0.25, 0.3) is 0 Å². The number of rotatable bonds is 4. The average Bonchev–Trinajstić information content (AvgIpc) is 2.54. The minimum Gasteiger partial charge on any atom is -0.466 e. The van der Waals surface area contributed by atoms with Crippen LogP contribution in [0, 0.1) is 13.8 Å². The van der Waals surface area contributed by atoms with Crippen LogP contribution in [-0.4, -0.2) is 18.0 Å². The van der Waals surface area contributed by atoms with E-state index in [1.807, 2.05) is 47.6 Å². The van der Waals surface area contributed by atoms with Crippen LogP contribution < -0.4 is 10.6 Å². The third-order valence-electron chi connectivity index (χ3n) is 2.70. The number of nitrogens with one attached hydrogen (secondary N) is 2. The van der Waals surface area contributed by atoms with Gasteiger partial charge in [0, 0.05) is 11.1 Å². The summed E-state index contributed by atoms with van der Waals surface area (Å²) in [4.78, 5) is 11.8. The summed E-state index contributed by atoms with van der Waals surface area (Å²) in [6.45, 7) is 12.2. The molecule has 1 amide bonds. The second kappa shape index (κ2) is 5.57. The van der Waals surface area contributed by atoms with E-state index in [1.165, 1.54) is 0 Å². The molecule has 2 N–H and O–H groups in total. The van der Waals surface area contributed by atoms with Crippen LogP contribution in [0.1, 0.15) is 50.8 Å². The number of aryl methyl sites for hydroxylation is 2. The summed E-state index contributed by atoms with van der Waals surface area (Å²) in [5.74, 6) is 1.73. The van der Waals surface area contributed by atoms with Gasteiger partial charge in [-0.25, -0.2) is 0 Å². The van der Waals surface area contributed by atoms with Crippen LogP contribution in [0.3, 0.4) is 0 Å². The van der Waals surface area contributed by atoms with Crippen molar-refractivity contribution in [3.8, 4) is 0 Å². The largest absolute Gasteiger partial charge is 0.466 e. The molecule has 0 saturated heterocycles. The molecule has 1 aromatic heterocycles. The van der Waals surface area contributed by atoms with E-state index in [0.29, 0.717) is 6.54 Å². The van der Waals surface area contributed by atoms with Crippen molar-refractivity contribution in [1.29, 1.82) is 0 Å². The Morgan fingerprint density at radius 1 is 1.39 bits per heavy atom. The van der Waals surface area contributed by atoms with Crippen LogP contribution in [0.4, 0.5) is 0 Å². The quantitative estimate of drug-likeness (QED) is 0.865. The van der Waals surface area contributed by atoms with Crippen molar-refractivity contribution >= 4 is 5.91 Å². The van der Waals surface area contributed by atoms with E-state index in [0.717, 1.165) is 17.1 Å². The van der Waals surface area contributed by atoms with Crippen LogP contribution >= 0.6 is 0 Å². The number of hydrogen-bond acceptors (Lipinski definition) is 3. The van der Waals surface area contributed by atoms with Gasteiger partial charge in [-0.3, -0.25) is 4.79 Å². The Bertz CT molecular complexity index is 416. The predicted molar refractivity (Wildman–Crippen MR) is 72.5 cm³/mol. The predicted octanol–water partition coefficient (Wildman–Crippen LogP) is 2.46. The minimum atomic E-state index is -0.0529. The molecule has 4 nitrogen and oxygen atoms in total. The zero-order valence-corrected chi connectivity index (χ0v) is 12.2. The van der Waals surface area contributed by atoms with E-state index in [1.54, 1.807) is 0 Å². The fraction of sp³-hybridized carbons (Fsp3) is 0.643. The second-order valence-corrected chi connectivity index (χ2v) is 5.76. The molecule has 1 heterocycles. The summed E-state index contributed by atoms with van der Waals surface area (Å²) < 4.78 is 5.46. The fourth-order valence-corrected chi connectivity index (χ4v) is 1.80. The van der Waals surface area contributed by atoms with E-state index >= 15 is 0 Å². The molecule has 0 aliphatic heterocycles. The summed E-state index contributed by atoms with van der Waals surface area (Å²) in [5.41, 5.74) is 0.986. The lowest BCUT2D eigenvalue weighted by Gasteiger charge is -2.21. The molecule has 0 fully saturated rings. The first-order valence-corrected chi connectivity index (χ1v) is 6.30. The van der Waals surface area contributed by atoms with Crippen molar-refractivity contribution in [3.63, 3.8) is 0 Å². The average molecular weight is 252 g/mol. The topological polar surface area (TPSA) is 54.3 Å². The highest BCUT2D eigenvalue weighted by molar-refractivity contribution is 5.78. The molecule has 1 atom stereocenters. The number of amides is 1. The second-order valence-electron chi connectivity index (χ2n) is 5.76. The van der Waals surface area contributed by atoms with E-state index < -0.39 is 0 Å². The van der Waals surface area contributed by atoms with E-state index in [-0.39, 0.29) is 17.5 Å². The van der Waals surface area contributed by atoms with Crippen LogP contribution in [-0.2, 0) is 4.79 Å². The van der Waals surface area contributed by atoms with Gasteiger partial charge in [0.25, 0.3) is 0 Å². The molecule has 0 aliphatic rings. The summed E-state index contributed by atoms with van der Waals surface area (Å²) in [7, 11) is 0. The summed E-state index contributed by atoms with van der Waals surface area (Å²) >= 11 is 0. The van der Waals surface area contributed by atoms with Crippen molar-refractivity contribution in [2.75, 3.05) is 6.54 Å². The van der Waals surface area contributed by atoms with Crippen molar-refractivity contribution in [2.45, 2.75) is 53.1 Å². The molecule has 18 heavy (non-hydrogen) atoms. The molecule has 0 saturated carbocycles. The van der Waals surface area contributed by atoms with Crippen molar-refractivity contribution in [1.82, 2.24) is 10.6 Å². The number of hydrogen-bond donors (Lipinski definition) is 2. The molecule has 0 aromatic carbocycles. The molecule has 1 aromatic rings. The lowest BCUT2D eigenvalue weighted by atomic mass is 10.1. The Morgan fingerprint density at radius 3 is 2.44 bits per heavy atom. The fourth-order valence-electron chi connectivity index (χ4n) is 1.80. The molecule has 0 aliphatic carbocycles. The summed E-state index contributed by atoms with van der Waals surface area (Å²) in [5, 5.41) is 6.12. The molecule has 0 radical (unpaired) electrons. The Morgan fingerprint density at radius 2 is 2.00 bits per heavy atom. The van der Waals surface area contributed by atoms with Gasteiger partial charge in [-0.05, 0) is 47.6 Å². The maximum absolute atomic E-state index is 11.8. The Kier molecular flexibility index (Phi) is 4.57. The number of carbonyl (C=O) groups is 1. The monoisotopic (exact) mass is 252 g/mol. The van der Waals surface area contributed by atoms with Gasteiger partial charge < -0.3 is 15.1 Å². The Hall–Kier alpha value is -1.29. The van der Waals surface area contributed by atoms with Gasteiger partial charge in [0.2, 0.25) is 5.91 Å². The highest BCUT2D eigenvalue weighted by atomic mass is 16.3. The van der Waals surface area contributed by atoms with Crippen molar-refractivity contribution in [2.24, 2.45) is 0 Å². The van der Waals surface area contributed by atoms with Gasteiger partial charge in [-0.15, -0.1) is 0 Å². The smallest absolute Gasteiger partial charge is 0.234 e. The molecule has 102 valence electrons. The molecular formula is C14H24N2O2. The highest BCUT2D eigenvalue weighted by Gasteiger charge is 2.16. The van der Waals surface area contributed by atoms with E-state index in [9.17, 15) is 4.79 Å². The van der Waals surface area contributed by atoms with Gasteiger partial charge in [-0.2, -0.15) is 0 Å². The highest BCUT2D eigenvalue weighted by Crippen LogP contribution is 2.20. The first-order chi connectivity index (χ1) is 8.19. The van der Waals surface area contributed by atoms with E-state index in [2.05, 4.69) is 10.6 Å². The normalized spacial score (nSPS) is 13.4. The maximum Gasteiger partial charge on any atom is 0.234 e. The number of carbonyl (C=O) groups excluding carboxylic acids is 1. The minimum absolute atomic E-state index is 0.00400. The molecule has 4 heteroatoms. The SMILES string of the molecule is Cc1cc(C(C)NC(=O)CNC(C)(C)C)c(C)o1. The van der Waals surface area contributed by atoms with Gasteiger partial charge in [-0.1, -0.05) is 0 Å². The van der Waals surface area contributed by atoms with Crippen molar-refractivity contribution < 1.29 is 9.21 Å². The molecule has 0 spiro atoms. The van der Waals surface area contributed by atoms with Gasteiger partial charge in [0.1, 0.15) is 11.5 Å². The van der Waals surface area contributed by atoms with E-state index in [4.69, 9.17) is 4.42 Å². The third-order valence-corrected chi connectivity index (χ3v) is 2.70. The van der Waals surface area contributed by atoms with Crippen LogP contribution in [0.5, 0.6) is 0 Å². The number of furan rings is 1. The van der Waals surface area contributed by atoms with Gasteiger partial charge in [0.15, 0.2) is 0 Å². The van der Waals surface area contributed by atoms with Gasteiger partial charge >= 0.3 is 0 Å². The van der Waals surface area contributed by atoms with Gasteiger partial charge in [0.05, 0.1) is 12.6 Å². The zero-order chi connectivity index (χ0) is 13.9. The first kappa shape index (κ1) is 14.8. The van der Waals surface area contributed by atoms with Crippen molar-refractivity contribution in [3.05, 3.63) is 23.2 Å². The lowest BCUT2D eigenvalue weighted by molar-refractivity contribution is -0.121. The molecule has 1 rings (SSSR count). The standard InChI is InChI=1S/C14H24N2O2/c1-9-7-12(11(3)18-9)10(2)16-13(17)8-15-14(4,5)6/h7,10,15H,8H2,1-6H3,(H,16,17). The molecule has 1 unspecified atom stereocenters.